The Labute approximate surface area is 115 Å². The summed E-state index contributed by atoms with van der Waals surface area (Å²) in [7, 11) is 1.20. The van der Waals surface area contributed by atoms with Gasteiger partial charge in [0.15, 0.2) is 5.78 Å². The van der Waals surface area contributed by atoms with Crippen LogP contribution in [0.2, 0.25) is 0 Å². The van der Waals surface area contributed by atoms with Gasteiger partial charge in [0.2, 0.25) is 0 Å². The number of esters is 1. The molecule has 3 nitrogen and oxygen atoms in total. The number of ketones is 1. The quantitative estimate of drug-likeness (QED) is 0.356. The third-order valence-corrected chi connectivity index (χ3v) is 3.49. The Morgan fingerprint density at radius 2 is 1.88 bits per heavy atom. The van der Waals surface area contributed by atoms with Crippen molar-refractivity contribution in [2.24, 2.45) is 5.92 Å². The smallest absolute Gasteiger partial charge is 0.316 e. The molecule has 0 aliphatic rings. The minimum Gasteiger partial charge on any atom is -0.468 e. The highest BCUT2D eigenvalue weighted by Gasteiger charge is 2.25. The fraction of sp³-hybridized carbons (Fsp3) is 0.273. The number of hydrogen-bond donors (Lipinski definition) is 0. The average Bonchev–Trinajstić information content (AvgIpc) is 2.31. The van der Waals surface area contributed by atoms with Crippen molar-refractivity contribution in [3.8, 4) is 0 Å². The molecule has 0 saturated carbocycles. The number of benzene rings is 1. The van der Waals surface area contributed by atoms with E-state index in [1.807, 2.05) is 0 Å². The topological polar surface area (TPSA) is 43.4 Å². The first kappa shape index (κ1) is 14.3. The predicted octanol–water partition coefficient (Wildman–Crippen LogP) is 3.34. The average molecular weight is 368 g/mol. The van der Waals surface area contributed by atoms with Crippen molar-refractivity contribution in [1.29, 1.82) is 0 Å². The Morgan fingerprint density at radius 3 is 2.41 bits per heavy atom. The molecule has 1 unspecified atom stereocenters. The van der Waals surface area contributed by atoms with Gasteiger partial charge in [-0.3, -0.25) is 9.59 Å². The van der Waals surface area contributed by atoms with Crippen molar-refractivity contribution in [1.82, 2.24) is 0 Å². The van der Waals surface area contributed by atoms with Crippen LogP contribution >= 0.6 is 31.9 Å². The molecule has 0 heterocycles. The maximum Gasteiger partial charge on any atom is 0.316 e. The second-order valence-corrected chi connectivity index (χ2v) is 5.06. The first-order valence-corrected chi connectivity index (χ1v) is 6.23. The van der Waals surface area contributed by atoms with Crippen LogP contribution < -0.4 is 0 Å². The molecule has 0 saturated heterocycles. The molecule has 0 bridgehead atoms. The van der Waals surface area contributed by atoms with Crippen molar-refractivity contribution < 1.29 is 18.7 Å². The van der Waals surface area contributed by atoms with E-state index < -0.39 is 23.5 Å². The van der Waals surface area contributed by atoms with Gasteiger partial charge in [-0.25, -0.2) is 4.39 Å². The van der Waals surface area contributed by atoms with E-state index in [1.165, 1.54) is 20.1 Å². The van der Waals surface area contributed by atoms with Crippen LogP contribution in [0.4, 0.5) is 4.39 Å². The minimum absolute atomic E-state index is 0.114. The fourth-order valence-electron chi connectivity index (χ4n) is 1.23. The Kier molecular flexibility index (Phi) is 4.82. The Morgan fingerprint density at radius 1 is 1.29 bits per heavy atom. The monoisotopic (exact) mass is 366 g/mol. The summed E-state index contributed by atoms with van der Waals surface area (Å²) in [5, 5.41) is 0. The molecule has 92 valence electrons. The van der Waals surface area contributed by atoms with Gasteiger partial charge >= 0.3 is 5.97 Å². The first-order chi connectivity index (χ1) is 7.88. The summed E-state index contributed by atoms with van der Waals surface area (Å²) >= 11 is 6.15. The van der Waals surface area contributed by atoms with E-state index >= 15 is 0 Å². The molecule has 1 rings (SSSR count). The molecule has 0 N–H and O–H groups in total. The van der Waals surface area contributed by atoms with Gasteiger partial charge in [0, 0.05) is 10.0 Å². The molecule has 0 amide bonds. The summed E-state index contributed by atoms with van der Waals surface area (Å²) < 4.78 is 18.5. The standard InChI is InChI=1S/C11H9Br2FO3/c1-5(11(16)17-2)10(15)6-3-9(14)8(13)4-7(6)12/h3-5H,1-2H3. The summed E-state index contributed by atoms with van der Waals surface area (Å²) in [6.07, 6.45) is 0. The number of Topliss-reactive ketones (excluding diaryl/α,β-unsaturated/α-hetero) is 1. The van der Waals surface area contributed by atoms with Gasteiger partial charge in [0.05, 0.1) is 11.6 Å². The summed E-state index contributed by atoms with van der Waals surface area (Å²) in [5.74, 6) is -2.66. The predicted molar refractivity (Wildman–Crippen MR) is 67.3 cm³/mol. The second kappa shape index (κ2) is 5.73. The summed E-state index contributed by atoms with van der Waals surface area (Å²) in [4.78, 5) is 23.1. The normalized spacial score (nSPS) is 12.1. The number of ether oxygens (including phenoxy) is 1. The van der Waals surface area contributed by atoms with Gasteiger partial charge in [0.1, 0.15) is 11.7 Å². The van der Waals surface area contributed by atoms with Crippen LogP contribution in [0, 0.1) is 11.7 Å². The molecule has 0 aliphatic heterocycles. The molecule has 0 aromatic heterocycles. The molecule has 0 spiro atoms. The first-order valence-electron chi connectivity index (χ1n) is 4.65. The SMILES string of the molecule is COC(=O)C(C)C(=O)c1cc(F)c(Br)cc1Br. The van der Waals surface area contributed by atoms with Gasteiger partial charge in [-0.05, 0) is 35.0 Å². The largest absolute Gasteiger partial charge is 0.468 e. The van der Waals surface area contributed by atoms with Crippen molar-refractivity contribution >= 4 is 43.6 Å². The van der Waals surface area contributed by atoms with E-state index in [4.69, 9.17) is 0 Å². The third-order valence-electron chi connectivity index (χ3n) is 2.22. The Balaban J connectivity index is 3.13. The molecule has 1 aromatic carbocycles. The van der Waals surface area contributed by atoms with Crippen LogP contribution in [-0.4, -0.2) is 18.9 Å². The number of halogens is 3. The number of rotatable bonds is 3. The molecule has 0 radical (unpaired) electrons. The summed E-state index contributed by atoms with van der Waals surface area (Å²) in [6, 6.07) is 2.50. The van der Waals surface area contributed by atoms with Crippen LogP contribution in [0.1, 0.15) is 17.3 Å². The zero-order valence-electron chi connectivity index (χ0n) is 9.09. The van der Waals surface area contributed by atoms with Gasteiger partial charge in [0.25, 0.3) is 0 Å². The lowest BCUT2D eigenvalue weighted by molar-refractivity contribution is -0.143. The zero-order chi connectivity index (χ0) is 13.2. The number of carbonyl (C=O) groups is 2. The van der Waals surface area contributed by atoms with Crippen LogP contribution in [0.5, 0.6) is 0 Å². The zero-order valence-corrected chi connectivity index (χ0v) is 12.3. The van der Waals surface area contributed by atoms with E-state index in [1.54, 1.807) is 0 Å². The number of methoxy groups -OCH3 is 1. The molecule has 17 heavy (non-hydrogen) atoms. The van der Waals surface area contributed by atoms with Crippen molar-refractivity contribution in [3.63, 3.8) is 0 Å². The molecular formula is C11H9Br2FO3. The lowest BCUT2D eigenvalue weighted by Gasteiger charge is -2.10. The highest BCUT2D eigenvalue weighted by Crippen LogP contribution is 2.27. The molecular weight excluding hydrogens is 359 g/mol. The highest BCUT2D eigenvalue weighted by molar-refractivity contribution is 9.11. The molecule has 0 aliphatic carbocycles. The maximum atomic E-state index is 13.3. The molecule has 6 heteroatoms. The molecule has 1 atom stereocenters. The second-order valence-electron chi connectivity index (χ2n) is 3.36. The van der Waals surface area contributed by atoms with Crippen molar-refractivity contribution in [2.45, 2.75) is 6.92 Å². The van der Waals surface area contributed by atoms with E-state index in [9.17, 15) is 14.0 Å². The summed E-state index contributed by atoms with van der Waals surface area (Å²) in [5.41, 5.74) is 0.114. The Hall–Kier alpha value is -0.750. The van der Waals surface area contributed by atoms with Crippen molar-refractivity contribution in [2.75, 3.05) is 7.11 Å². The molecule has 1 aromatic rings. The van der Waals surface area contributed by atoms with Gasteiger partial charge in [-0.1, -0.05) is 15.9 Å². The lowest BCUT2D eigenvalue weighted by atomic mass is 9.99. The lowest BCUT2D eigenvalue weighted by Crippen LogP contribution is -2.22. The third kappa shape index (κ3) is 3.13. The van der Waals surface area contributed by atoms with Gasteiger partial charge < -0.3 is 4.74 Å². The van der Waals surface area contributed by atoms with E-state index in [-0.39, 0.29) is 10.0 Å². The maximum absolute atomic E-state index is 13.3. The minimum atomic E-state index is -0.961. The van der Waals surface area contributed by atoms with E-state index in [0.29, 0.717) is 4.47 Å². The van der Waals surface area contributed by atoms with Crippen LogP contribution in [0.3, 0.4) is 0 Å². The number of carbonyl (C=O) groups excluding carboxylic acids is 2. The van der Waals surface area contributed by atoms with E-state index in [0.717, 1.165) is 6.07 Å². The van der Waals surface area contributed by atoms with Crippen LogP contribution in [-0.2, 0) is 9.53 Å². The summed E-state index contributed by atoms with van der Waals surface area (Å²) in [6.45, 7) is 1.42. The fourth-order valence-corrected chi connectivity index (χ4v) is 2.42. The van der Waals surface area contributed by atoms with Gasteiger partial charge in [-0.15, -0.1) is 0 Å². The van der Waals surface area contributed by atoms with Crippen LogP contribution in [0.25, 0.3) is 0 Å². The molecule has 0 fully saturated rings. The van der Waals surface area contributed by atoms with E-state index in [2.05, 4.69) is 36.6 Å². The van der Waals surface area contributed by atoms with Crippen molar-refractivity contribution in [3.05, 3.63) is 32.5 Å². The number of hydrogen-bond acceptors (Lipinski definition) is 3. The highest BCUT2D eigenvalue weighted by atomic mass is 79.9. The van der Waals surface area contributed by atoms with Gasteiger partial charge in [-0.2, -0.15) is 0 Å². The van der Waals surface area contributed by atoms with Crippen LogP contribution in [0.15, 0.2) is 21.1 Å². The Bertz CT molecular complexity index is 474.